The zero-order chi connectivity index (χ0) is 18.1. The van der Waals surface area contributed by atoms with Crippen LogP contribution in [-0.4, -0.2) is 19.7 Å². The molecule has 1 atom stereocenters. The molecule has 2 aromatic carbocycles. The summed E-state index contributed by atoms with van der Waals surface area (Å²) in [7, 11) is -4.12. The summed E-state index contributed by atoms with van der Waals surface area (Å²) in [5.41, 5.74) is 0.00486. The van der Waals surface area contributed by atoms with Gasteiger partial charge >= 0.3 is 0 Å². The van der Waals surface area contributed by atoms with E-state index in [0.717, 1.165) is 4.31 Å². The molecule has 0 aliphatic rings. The van der Waals surface area contributed by atoms with Gasteiger partial charge in [0.2, 0.25) is 5.24 Å². The number of hydrogen-bond acceptors (Lipinski definition) is 3. The Morgan fingerprint density at radius 1 is 1.08 bits per heavy atom. The van der Waals surface area contributed by atoms with E-state index >= 15 is 0 Å². The summed E-state index contributed by atoms with van der Waals surface area (Å²) >= 11 is 21.1. The Bertz CT molecular complexity index is 852. The van der Waals surface area contributed by atoms with E-state index in [-0.39, 0.29) is 20.6 Å². The number of carbonyl (C=O) groups is 1. The molecule has 2 rings (SSSR count). The number of rotatable bonds is 5. The highest BCUT2D eigenvalue weighted by Crippen LogP contribution is 2.38. The van der Waals surface area contributed by atoms with Crippen LogP contribution in [0, 0.1) is 0 Å². The molecular weight excluding hydrogens is 460 g/mol. The zero-order valence-electron chi connectivity index (χ0n) is 12.2. The smallest absolute Gasteiger partial charge is 0.265 e. The van der Waals surface area contributed by atoms with Crippen LogP contribution in [0.1, 0.15) is 6.92 Å². The Morgan fingerprint density at radius 2 is 1.58 bits per heavy atom. The van der Waals surface area contributed by atoms with Crippen molar-refractivity contribution in [1.29, 1.82) is 0 Å². The summed E-state index contributed by atoms with van der Waals surface area (Å²) < 4.78 is 27.7. The SMILES string of the molecule is CC(C(=O)Cl)N(c1c(Cl)cccc1Cl)S(=O)(=O)c1ccc(Br)cc1. The second-order valence-electron chi connectivity index (χ2n) is 4.81. The number of sulfonamides is 1. The summed E-state index contributed by atoms with van der Waals surface area (Å²) in [6, 6.07) is 9.31. The molecule has 0 saturated carbocycles. The fraction of sp³-hybridized carbons (Fsp3) is 0.133. The minimum absolute atomic E-state index is 0.00486. The normalized spacial score (nSPS) is 12.7. The molecule has 2 aromatic rings. The second kappa shape index (κ2) is 7.62. The van der Waals surface area contributed by atoms with Gasteiger partial charge in [0.25, 0.3) is 10.0 Å². The number of nitrogens with zero attached hydrogens (tertiary/aromatic N) is 1. The molecule has 0 spiro atoms. The first-order valence-electron chi connectivity index (χ1n) is 6.59. The fourth-order valence-electron chi connectivity index (χ4n) is 2.03. The van der Waals surface area contributed by atoms with Crippen molar-refractivity contribution in [1.82, 2.24) is 0 Å². The highest BCUT2D eigenvalue weighted by atomic mass is 79.9. The summed E-state index contributed by atoms with van der Waals surface area (Å²) in [4.78, 5) is 11.7. The molecule has 0 bridgehead atoms. The molecule has 0 aromatic heterocycles. The lowest BCUT2D eigenvalue weighted by Gasteiger charge is -2.29. The van der Waals surface area contributed by atoms with E-state index in [1.54, 1.807) is 18.2 Å². The maximum atomic E-state index is 13.1. The molecule has 0 aliphatic carbocycles. The topological polar surface area (TPSA) is 54.5 Å². The van der Waals surface area contributed by atoms with Crippen LogP contribution in [0.2, 0.25) is 10.0 Å². The monoisotopic (exact) mass is 469 g/mol. The lowest BCUT2D eigenvalue weighted by Crippen LogP contribution is -2.42. The van der Waals surface area contributed by atoms with E-state index in [0.29, 0.717) is 4.47 Å². The highest BCUT2D eigenvalue weighted by molar-refractivity contribution is 9.10. The first-order chi connectivity index (χ1) is 11.2. The lowest BCUT2D eigenvalue weighted by molar-refractivity contribution is -0.112. The van der Waals surface area contributed by atoms with Crippen LogP contribution in [0.15, 0.2) is 51.8 Å². The molecule has 9 heteroatoms. The van der Waals surface area contributed by atoms with Crippen LogP contribution < -0.4 is 4.31 Å². The zero-order valence-corrected chi connectivity index (χ0v) is 16.9. The standard InChI is InChI=1S/C15H11BrCl3NO3S/c1-9(15(19)21)20(14-12(17)3-2-4-13(14)18)24(22,23)11-7-5-10(16)6-8-11/h2-9H,1H3. The van der Waals surface area contributed by atoms with Crippen molar-refractivity contribution < 1.29 is 13.2 Å². The molecule has 128 valence electrons. The van der Waals surface area contributed by atoms with Gasteiger partial charge in [0, 0.05) is 4.47 Å². The van der Waals surface area contributed by atoms with Gasteiger partial charge in [0.1, 0.15) is 6.04 Å². The van der Waals surface area contributed by atoms with Crippen molar-refractivity contribution >= 4 is 71.7 Å². The quantitative estimate of drug-likeness (QED) is 0.570. The van der Waals surface area contributed by atoms with Crippen molar-refractivity contribution in [2.75, 3.05) is 4.31 Å². The van der Waals surface area contributed by atoms with Crippen molar-refractivity contribution in [2.24, 2.45) is 0 Å². The van der Waals surface area contributed by atoms with Gasteiger partial charge in [-0.1, -0.05) is 45.2 Å². The van der Waals surface area contributed by atoms with E-state index < -0.39 is 21.3 Å². The van der Waals surface area contributed by atoms with Crippen molar-refractivity contribution in [2.45, 2.75) is 17.9 Å². The van der Waals surface area contributed by atoms with Crippen molar-refractivity contribution in [3.05, 3.63) is 57.0 Å². The third-order valence-corrected chi connectivity index (χ3v) is 6.55. The third kappa shape index (κ3) is 3.89. The molecule has 1 unspecified atom stereocenters. The Balaban J connectivity index is 2.71. The fourth-order valence-corrected chi connectivity index (χ4v) is 4.79. The molecule has 0 saturated heterocycles. The maximum absolute atomic E-state index is 13.1. The Kier molecular flexibility index (Phi) is 6.20. The van der Waals surface area contributed by atoms with Crippen LogP contribution in [0.3, 0.4) is 0 Å². The van der Waals surface area contributed by atoms with Gasteiger partial charge in [-0.25, -0.2) is 8.42 Å². The Labute approximate surface area is 163 Å². The molecule has 0 fully saturated rings. The molecule has 0 aliphatic heterocycles. The minimum Gasteiger partial charge on any atom is -0.279 e. The highest BCUT2D eigenvalue weighted by Gasteiger charge is 2.35. The minimum atomic E-state index is -4.12. The average Bonchev–Trinajstić information content (AvgIpc) is 2.50. The molecule has 0 radical (unpaired) electrons. The van der Waals surface area contributed by atoms with Crippen LogP contribution in [0.25, 0.3) is 0 Å². The van der Waals surface area contributed by atoms with Crippen molar-refractivity contribution in [3.8, 4) is 0 Å². The van der Waals surface area contributed by atoms with Gasteiger partial charge in [-0.2, -0.15) is 0 Å². The molecule has 0 N–H and O–H groups in total. The number of halogens is 4. The largest absolute Gasteiger partial charge is 0.279 e. The summed E-state index contributed by atoms with van der Waals surface area (Å²) in [5.74, 6) is 0. The van der Waals surface area contributed by atoms with E-state index in [9.17, 15) is 13.2 Å². The van der Waals surface area contributed by atoms with Gasteiger partial charge in [-0.3, -0.25) is 9.10 Å². The van der Waals surface area contributed by atoms with Gasteiger partial charge in [0.05, 0.1) is 20.6 Å². The van der Waals surface area contributed by atoms with Gasteiger partial charge in [-0.15, -0.1) is 0 Å². The molecule has 4 nitrogen and oxygen atoms in total. The number of carbonyl (C=O) groups excluding carboxylic acids is 1. The number of hydrogen-bond donors (Lipinski definition) is 0. The summed E-state index contributed by atoms with van der Waals surface area (Å²) in [6.45, 7) is 1.37. The van der Waals surface area contributed by atoms with Gasteiger partial charge in [-0.05, 0) is 54.9 Å². The average molecular weight is 472 g/mol. The van der Waals surface area contributed by atoms with Crippen molar-refractivity contribution in [3.63, 3.8) is 0 Å². The van der Waals surface area contributed by atoms with Gasteiger partial charge in [0.15, 0.2) is 0 Å². The molecule has 0 amide bonds. The lowest BCUT2D eigenvalue weighted by atomic mass is 10.3. The van der Waals surface area contributed by atoms with E-state index in [1.165, 1.54) is 31.2 Å². The molecule has 24 heavy (non-hydrogen) atoms. The molecule has 0 heterocycles. The summed E-state index contributed by atoms with van der Waals surface area (Å²) in [5, 5.41) is -0.674. The van der Waals surface area contributed by atoms with E-state index in [4.69, 9.17) is 34.8 Å². The van der Waals surface area contributed by atoms with Gasteiger partial charge < -0.3 is 0 Å². The number of para-hydroxylation sites is 1. The van der Waals surface area contributed by atoms with Crippen LogP contribution >= 0.6 is 50.7 Å². The maximum Gasteiger partial charge on any atom is 0.265 e. The van der Waals surface area contributed by atoms with E-state index in [2.05, 4.69) is 15.9 Å². The Morgan fingerprint density at radius 3 is 2.04 bits per heavy atom. The van der Waals surface area contributed by atoms with Crippen LogP contribution in [-0.2, 0) is 14.8 Å². The van der Waals surface area contributed by atoms with Crippen LogP contribution in [0.5, 0.6) is 0 Å². The predicted octanol–water partition coefficient (Wildman–Crippen LogP) is 5.11. The number of benzene rings is 2. The predicted molar refractivity (Wildman–Crippen MR) is 101 cm³/mol. The Hall–Kier alpha value is -0.790. The van der Waals surface area contributed by atoms with E-state index in [1.807, 2.05) is 0 Å². The number of anilines is 1. The molecular formula is C15H11BrCl3NO3S. The first-order valence-corrected chi connectivity index (χ1v) is 9.96. The first kappa shape index (κ1) is 19.5. The second-order valence-corrected chi connectivity index (χ2v) is 8.72. The summed E-state index contributed by atoms with van der Waals surface area (Å²) in [6.07, 6.45) is 0. The third-order valence-electron chi connectivity index (χ3n) is 3.21. The van der Waals surface area contributed by atoms with Crippen LogP contribution in [0.4, 0.5) is 5.69 Å².